The van der Waals surface area contributed by atoms with Crippen molar-refractivity contribution in [1.29, 1.82) is 0 Å². The van der Waals surface area contributed by atoms with Crippen molar-refractivity contribution in [2.45, 2.75) is 6.92 Å². The molecule has 0 spiro atoms. The van der Waals surface area contributed by atoms with Gasteiger partial charge in [-0.25, -0.2) is 9.97 Å². The molecule has 1 aliphatic rings. The number of quaternary nitrogens is 1. The Labute approximate surface area is 158 Å². The molecule has 6 heteroatoms. The van der Waals surface area contributed by atoms with Gasteiger partial charge in [-0.3, -0.25) is 0 Å². The highest BCUT2D eigenvalue weighted by molar-refractivity contribution is 6.31. The number of nitrogens with zero attached hydrogens (tertiary/aromatic N) is 3. The van der Waals surface area contributed by atoms with Crippen LogP contribution in [0.25, 0.3) is 10.9 Å². The highest BCUT2D eigenvalue weighted by Gasteiger charge is 2.16. The lowest BCUT2D eigenvalue weighted by Gasteiger charge is -2.31. The second kappa shape index (κ2) is 7.09. The first-order chi connectivity index (χ1) is 12.6. The Morgan fingerprint density at radius 1 is 1.04 bits per heavy atom. The largest absolute Gasteiger partial charge is 0.360 e. The van der Waals surface area contributed by atoms with E-state index >= 15 is 0 Å². The van der Waals surface area contributed by atoms with Crippen LogP contribution in [0.15, 0.2) is 42.5 Å². The van der Waals surface area contributed by atoms with Gasteiger partial charge in [-0.1, -0.05) is 11.6 Å². The number of piperazine rings is 1. The summed E-state index contributed by atoms with van der Waals surface area (Å²) >= 11 is 6.10. The van der Waals surface area contributed by atoms with E-state index in [0.717, 1.165) is 41.3 Å². The van der Waals surface area contributed by atoms with E-state index in [1.54, 1.807) is 4.90 Å². The van der Waals surface area contributed by atoms with Crippen LogP contribution in [-0.4, -0.2) is 43.2 Å². The number of halogens is 1. The molecule has 1 aliphatic heterocycles. The molecule has 5 nitrogen and oxygen atoms in total. The monoisotopic (exact) mass is 368 g/mol. The lowest BCUT2D eigenvalue weighted by molar-refractivity contribution is -0.880. The maximum absolute atomic E-state index is 6.10. The molecule has 1 saturated heterocycles. The summed E-state index contributed by atoms with van der Waals surface area (Å²) in [5, 5.41) is 5.07. The highest BCUT2D eigenvalue weighted by atomic mass is 35.5. The van der Waals surface area contributed by atoms with Crippen molar-refractivity contribution in [2.75, 3.05) is 43.4 Å². The van der Waals surface area contributed by atoms with Crippen molar-refractivity contribution in [3.8, 4) is 0 Å². The standard InChI is InChI=1S/C20H22ClN5/c1-14-22-19-13-15(21)3-8-18(19)20(23-14)24-16-4-6-17(7-5-16)26-11-9-25(2)10-12-26/h3-8,13H,9-12H2,1-2H3,(H,22,23,24)/p+1. The molecule has 0 aliphatic carbocycles. The van der Waals surface area contributed by atoms with E-state index in [-0.39, 0.29) is 0 Å². The van der Waals surface area contributed by atoms with Crippen LogP contribution in [0.5, 0.6) is 0 Å². The molecule has 2 aromatic carbocycles. The molecular formula is C20H23ClN5+. The van der Waals surface area contributed by atoms with E-state index in [1.807, 2.05) is 25.1 Å². The Kier molecular flexibility index (Phi) is 4.66. The number of fused-ring (bicyclic) bond motifs is 1. The van der Waals surface area contributed by atoms with Gasteiger partial charge in [0.2, 0.25) is 0 Å². The Morgan fingerprint density at radius 2 is 1.77 bits per heavy atom. The summed E-state index contributed by atoms with van der Waals surface area (Å²) in [6, 6.07) is 14.3. The van der Waals surface area contributed by atoms with Crippen molar-refractivity contribution >= 4 is 39.7 Å². The SMILES string of the molecule is Cc1nc(Nc2ccc(N3CC[NH+](C)CC3)cc2)c2ccc(Cl)cc2n1. The third kappa shape index (κ3) is 3.59. The van der Waals surface area contributed by atoms with Gasteiger partial charge in [0.15, 0.2) is 0 Å². The second-order valence-corrected chi connectivity index (χ2v) is 7.33. The maximum Gasteiger partial charge on any atom is 0.142 e. The average molecular weight is 369 g/mol. The summed E-state index contributed by atoms with van der Waals surface area (Å²) in [6.07, 6.45) is 0. The van der Waals surface area contributed by atoms with Gasteiger partial charge in [0.25, 0.3) is 0 Å². The van der Waals surface area contributed by atoms with Gasteiger partial charge in [-0.2, -0.15) is 0 Å². The summed E-state index contributed by atoms with van der Waals surface area (Å²) in [5.41, 5.74) is 3.14. The van der Waals surface area contributed by atoms with Crippen LogP contribution in [0.4, 0.5) is 17.2 Å². The Hall–Kier alpha value is -2.37. The van der Waals surface area contributed by atoms with Crippen LogP contribution in [0.1, 0.15) is 5.82 Å². The van der Waals surface area contributed by atoms with Gasteiger partial charge < -0.3 is 15.1 Å². The molecule has 2 heterocycles. The lowest BCUT2D eigenvalue weighted by atomic mass is 10.2. The molecular weight excluding hydrogens is 346 g/mol. The fraction of sp³-hybridized carbons (Fsp3) is 0.300. The molecule has 0 atom stereocenters. The summed E-state index contributed by atoms with van der Waals surface area (Å²) in [7, 11) is 2.26. The van der Waals surface area contributed by atoms with Gasteiger partial charge in [-0.05, 0) is 49.4 Å². The first kappa shape index (κ1) is 17.1. The molecule has 0 radical (unpaired) electrons. The van der Waals surface area contributed by atoms with Crippen LogP contribution >= 0.6 is 11.6 Å². The highest BCUT2D eigenvalue weighted by Crippen LogP contribution is 2.27. The van der Waals surface area contributed by atoms with Crippen LogP contribution in [-0.2, 0) is 0 Å². The number of benzene rings is 2. The molecule has 1 aromatic heterocycles. The molecule has 2 N–H and O–H groups in total. The maximum atomic E-state index is 6.10. The first-order valence-electron chi connectivity index (χ1n) is 8.96. The average Bonchev–Trinajstić information content (AvgIpc) is 2.62. The fourth-order valence-corrected chi connectivity index (χ4v) is 3.52. The predicted octanol–water partition coefficient (Wildman–Crippen LogP) is 2.67. The van der Waals surface area contributed by atoms with E-state index in [4.69, 9.17) is 11.6 Å². The number of rotatable bonds is 3. The van der Waals surface area contributed by atoms with Crippen molar-refractivity contribution in [1.82, 2.24) is 9.97 Å². The molecule has 1 fully saturated rings. The minimum absolute atomic E-state index is 0.680. The quantitative estimate of drug-likeness (QED) is 0.746. The van der Waals surface area contributed by atoms with Gasteiger partial charge >= 0.3 is 0 Å². The van der Waals surface area contributed by atoms with Crippen LogP contribution in [0.3, 0.4) is 0 Å². The zero-order valence-corrected chi connectivity index (χ0v) is 15.8. The number of aryl methyl sites for hydroxylation is 1. The fourth-order valence-electron chi connectivity index (χ4n) is 3.35. The Bertz CT molecular complexity index is 912. The molecule has 0 saturated carbocycles. The van der Waals surface area contributed by atoms with Crippen molar-refractivity contribution < 1.29 is 4.90 Å². The molecule has 4 rings (SSSR count). The summed E-state index contributed by atoms with van der Waals surface area (Å²) in [6.45, 7) is 6.48. The summed E-state index contributed by atoms with van der Waals surface area (Å²) in [5.74, 6) is 1.53. The van der Waals surface area contributed by atoms with Gasteiger partial charge in [0.1, 0.15) is 11.6 Å². The third-order valence-corrected chi connectivity index (χ3v) is 5.12. The first-order valence-corrected chi connectivity index (χ1v) is 9.33. The minimum atomic E-state index is 0.680. The zero-order chi connectivity index (χ0) is 18.1. The number of aromatic nitrogens is 2. The molecule has 0 bridgehead atoms. The van der Waals surface area contributed by atoms with Gasteiger partial charge in [0.05, 0.1) is 38.7 Å². The van der Waals surface area contributed by atoms with Crippen molar-refractivity contribution in [2.24, 2.45) is 0 Å². The normalized spacial score (nSPS) is 15.4. The topological polar surface area (TPSA) is 45.5 Å². The number of anilines is 3. The third-order valence-electron chi connectivity index (χ3n) is 4.88. The van der Waals surface area contributed by atoms with E-state index in [9.17, 15) is 0 Å². The van der Waals surface area contributed by atoms with Gasteiger partial charge in [0, 0.05) is 21.8 Å². The van der Waals surface area contributed by atoms with Gasteiger partial charge in [-0.15, -0.1) is 0 Å². The Balaban J connectivity index is 1.57. The molecule has 0 unspecified atom stereocenters. The van der Waals surface area contributed by atoms with Crippen LogP contribution in [0, 0.1) is 6.92 Å². The van der Waals surface area contributed by atoms with Crippen molar-refractivity contribution in [3.63, 3.8) is 0 Å². The molecule has 26 heavy (non-hydrogen) atoms. The second-order valence-electron chi connectivity index (χ2n) is 6.90. The van der Waals surface area contributed by atoms with Crippen molar-refractivity contribution in [3.05, 3.63) is 53.3 Å². The zero-order valence-electron chi connectivity index (χ0n) is 15.1. The minimum Gasteiger partial charge on any atom is -0.360 e. The number of hydrogen-bond acceptors (Lipinski definition) is 4. The number of nitrogens with one attached hydrogen (secondary N) is 2. The summed E-state index contributed by atoms with van der Waals surface area (Å²) in [4.78, 5) is 13.1. The Morgan fingerprint density at radius 3 is 2.50 bits per heavy atom. The molecule has 0 amide bonds. The van der Waals surface area contributed by atoms with Crippen LogP contribution in [0.2, 0.25) is 5.02 Å². The molecule has 3 aromatic rings. The van der Waals surface area contributed by atoms with E-state index < -0.39 is 0 Å². The number of likely N-dealkylation sites (N-methyl/N-ethyl adjacent to an activating group) is 1. The molecule has 134 valence electrons. The van der Waals surface area contributed by atoms with Crippen LogP contribution < -0.4 is 15.1 Å². The smallest absolute Gasteiger partial charge is 0.142 e. The van der Waals surface area contributed by atoms with E-state index in [0.29, 0.717) is 5.02 Å². The van der Waals surface area contributed by atoms with E-state index in [1.165, 1.54) is 18.8 Å². The number of hydrogen-bond donors (Lipinski definition) is 2. The predicted molar refractivity (Wildman–Crippen MR) is 108 cm³/mol. The van der Waals surface area contributed by atoms with E-state index in [2.05, 4.69) is 51.5 Å². The summed E-state index contributed by atoms with van der Waals surface area (Å²) < 4.78 is 0. The lowest BCUT2D eigenvalue weighted by Crippen LogP contribution is -3.12.